The number of benzene rings is 2. The standard InChI is InChI=1S/C17H16ClN3O3/c1-24-14-8-6-12(7-9-14)17(23)19-11-16(22)21-20-10-13-4-2-3-5-15(13)18/h2-10H,11H2,1H3,(H,19,23)(H,21,22). The maximum Gasteiger partial charge on any atom is 0.259 e. The second kappa shape index (κ2) is 8.69. The number of nitrogens with one attached hydrogen (secondary N) is 2. The highest BCUT2D eigenvalue weighted by Crippen LogP contribution is 2.12. The quantitative estimate of drug-likeness (QED) is 0.622. The van der Waals surface area contributed by atoms with E-state index in [1.807, 2.05) is 6.07 Å². The third kappa shape index (κ3) is 5.10. The molecule has 0 saturated carbocycles. The highest BCUT2D eigenvalue weighted by Gasteiger charge is 2.07. The van der Waals surface area contributed by atoms with Crippen molar-refractivity contribution in [1.82, 2.24) is 10.7 Å². The van der Waals surface area contributed by atoms with Gasteiger partial charge in [0.25, 0.3) is 11.8 Å². The van der Waals surface area contributed by atoms with Crippen molar-refractivity contribution in [2.24, 2.45) is 5.10 Å². The molecule has 2 aromatic carbocycles. The van der Waals surface area contributed by atoms with Gasteiger partial charge in [-0.1, -0.05) is 29.8 Å². The summed E-state index contributed by atoms with van der Waals surface area (Å²) in [7, 11) is 1.54. The first kappa shape index (κ1) is 17.5. The van der Waals surface area contributed by atoms with Crippen molar-refractivity contribution in [3.63, 3.8) is 0 Å². The Hall–Kier alpha value is -2.86. The van der Waals surface area contributed by atoms with E-state index in [4.69, 9.17) is 16.3 Å². The van der Waals surface area contributed by atoms with Crippen molar-refractivity contribution in [3.05, 3.63) is 64.7 Å². The highest BCUT2D eigenvalue weighted by atomic mass is 35.5. The van der Waals surface area contributed by atoms with E-state index < -0.39 is 5.91 Å². The summed E-state index contributed by atoms with van der Waals surface area (Å²) in [6, 6.07) is 13.7. The van der Waals surface area contributed by atoms with Gasteiger partial charge in [0.1, 0.15) is 5.75 Å². The van der Waals surface area contributed by atoms with Crippen LogP contribution in [0.25, 0.3) is 0 Å². The average molecular weight is 346 g/mol. The van der Waals surface area contributed by atoms with Gasteiger partial charge in [0, 0.05) is 16.1 Å². The van der Waals surface area contributed by atoms with Crippen LogP contribution in [-0.4, -0.2) is 31.7 Å². The Labute approximate surface area is 144 Å². The number of ether oxygens (including phenoxy) is 1. The number of hydrogen-bond acceptors (Lipinski definition) is 4. The zero-order valence-corrected chi connectivity index (χ0v) is 13.7. The minimum absolute atomic E-state index is 0.190. The van der Waals surface area contributed by atoms with Crippen LogP contribution < -0.4 is 15.5 Å². The van der Waals surface area contributed by atoms with Crippen LogP contribution in [0.1, 0.15) is 15.9 Å². The molecule has 0 aliphatic rings. The molecule has 24 heavy (non-hydrogen) atoms. The Morgan fingerprint density at radius 1 is 1.17 bits per heavy atom. The lowest BCUT2D eigenvalue weighted by atomic mass is 10.2. The Balaban J connectivity index is 1.80. The predicted octanol–water partition coefficient (Wildman–Crippen LogP) is 2.23. The molecule has 0 aromatic heterocycles. The van der Waals surface area contributed by atoms with E-state index in [0.29, 0.717) is 21.9 Å². The summed E-state index contributed by atoms with van der Waals surface area (Å²) < 4.78 is 5.02. The van der Waals surface area contributed by atoms with Crippen LogP contribution in [0.3, 0.4) is 0 Å². The summed E-state index contributed by atoms with van der Waals surface area (Å²) in [6.45, 7) is -0.190. The fourth-order valence-corrected chi connectivity index (χ4v) is 1.98. The number of carbonyl (C=O) groups excluding carboxylic acids is 2. The normalized spacial score (nSPS) is 10.4. The first-order chi connectivity index (χ1) is 11.6. The molecule has 2 aromatic rings. The SMILES string of the molecule is COc1ccc(C(=O)NCC(=O)NN=Cc2ccccc2Cl)cc1. The van der Waals surface area contributed by atoms with Crippen LogP contribution in [-0.2, 0) is 4.79 Å². The topological polar surface area (TPSA) is 79.8 Å². The molecule has 6 nitrogen and oxygen atoms in total. The monoisotopic (exact) mass is 345 g/mol. The fraction of sp³-hybridized carbons (Fsp3) is 0.118. The van der Waals surface area contributed by atoms with Crippen molar-refractivity contribution in [2.75, 3.05) is 13.7 Å². The lowest BCUT2D eigenvalue weighted by molar-refractivity contribution is -0.120. The van der Waals surface area contributed by atoms with Gasteiger partial charge in [-0.05, 0) is 30.3 Å². The molecule has 0 heterocycles. The van der Waals surface area contributed by atoms with Crippen LogP contribution in [0.15, 0.2) is 53.6 Å². The van der Waals surface area contributed by atoms with E-state index in [1.54, 1.807) is 49.6 Å². The van der Waals surface area contributed by atoms with Gasteiger partial charge in [-0.25, -0.2) is 5.43 Å². The third-order valence-electron chi connectivity index (χ3n) is 3.06. The molecular weight excluding hydrogens is 330 g/mol. The Bertz CT molecular complexity index is 745. The lowest BCUT2D eigenvalue weighted by Crippen LogP contribution is -2.34. The summed E-state index contributed by atoms with van der Waals surface area (Å²) in [6.07, 6.45) is 1.44. The Morgan fingerprint density at radius 3 is 2.54 bits per heavy atom. The van der Waals surface area contributed by atoms with Crippen LogP contribution in [0.2, 0.25) is 5.02 Å². The number of hydrogen-bond donors (Lipinski definition) is 2. The van der Waals surface area contributed by atoms with Gasteiger partial charge < -0.3 is 10.1 Å². The number of methoxy groups -OCH3 is 1. The maximum absolute atomic E-state index is 11.9. The molecule has 124 valence electrons. The zero-order valence-electron chi connectivity index (χ0n) is 13.0. The number of hydrazone groups is 1. The molecule has 0 radical (unpaired) electrons. The average Bonchev–Trinajstić information content (AvgIpc) is 2.61. The Kier molecular flexibility index (Phi) is 6.33. The van der Waals surface area contributed by atoms with Gasteiger partial charge in [0.05, 0.1) is 19.9 Å². The first-order valence-corrected chi connectivity index (χ1v) is 7.46. The number of nitrogens with zero attached hydrogens (tertiary/aromatic N) is 1. The lowest BCUT2D eigenvalue weighted by Gasteiger charge is -2.05. The van der Waals surface area contributed by atoms with E-state index in [1.165, 1.54) is 6.21 Å². The largest absolute Gasteiger partial charge is 0.497 e. The van der Waals surface area contributed by atoms with Crippen LogP contribution >= 0.6 is 11.6 Å². The van der Waals surface area contributed by atoms with Crippen molar-refractivity contribution >= 4 is 29.6 Å². The molecule has 0 bridgehead atoms. The number of rotatable bonds is 6. The summed E-state index contributed by atoms with van der Waals surface area (Å²) in [4.78, 5) is 23.6. The van der Waals surface area contributed by atoms with E-state index in [2.05, 4.69) is 15.8 Å². The summed E-state index contributed by atoms with van der Waals surface area (Å²) in [5.41, 5.74) is 3.44. The smallest absolute Gasteiger partial charge is 0.259 e. The summed E-state index contributed by atoms with van der Waals surface area (Å²) >= 11 is 5.96. The molecule has 7 heteroatoms. The van der Waals surface area contributed by atoms with Crippen molar-refractivity contribution < 1.29 is 14.3 Å². The third-order valence-corrected chi connectivity index (χ3v) is 3.40. The molecule has 0 saturated heterocycles. The minimum atomic E-state index is -0.444. The number of carbonyl (C=O) groups is 2. The molecule has 0 spiro atoms. The molecule has 0 aliphatic carbocycles. The molecule has 2 N–H and O–H groups in total. The van der Waals surface area contributed by atoms with Crippen LogP contribution in [0.5, 0.6) is 5.75 Å². The number of amides is 2. The van der Waals surface area contributed by atoms with Crippen LogP contribution in [0.4, 0.5) is 0 Å². The number of halogens is 1. The van der Waals surface area contributed by atoms with E-state index >= 15 is 0 Å². The summed E-state index contributed by atoms with van der Waals surface area (Å²) in [5.74, 6) is -0.152. The van der Waals surface area contributed by atoms with E-state index in [0.717, 1.165) is 0 Å². The van der Waals surface area contributed by atoms with Gasteiger partial charge in [0.15, 0.2) is 0 Å². The van der Waals surface area contributed by atoms with Gasteiger partial charge in [-0.3, -0.25) is 9.59 Å². The molecular formula is C17H16ClN3O3. The fourth-order valence-electron chi connectivity index (χ4n) is 1.80. The van der Waals surface area contributed by atoms with E-state index in [-0.39, 0.29) is 12.5 Å². The maximum atomic E-state index is 11.9. The van der Waals surface area contributed by atoms with Crippen molar-refractivity contribution in [2.45, 2.75) is 0 Å². The molecule has 0 unspecified atom stereocenters. The summed E-state index contributed by atoms with van der Waals surface area (Å²) in [5, 5.41) is 6.83. The van der Waals surface area contributed by atoms with Gasteiger partial charge >= 0.3 is 0 Å². The highest BCUT2D eigenvalue weighted by molar-refractivity contribution is 6.33. The minimum Gasteiger partial charge on any atom is -0.497 e. The van der Waals surface area contributed by atoms with E-state index in [9.17, 15) is 9.59 Å². The van der Waals surface area contributed by atoms with Gasteiger partial charge in [-0.15, -0.1) is 0 Å². The molecule has 2 rings (SSSR count). The molecule has 2 amide bonds. The van der Waals surface area contributed by atoms with Gasteiger partial charge in [-0.2, -0.15) is 5.10 Å². The Morgan fingerprint density at radius 2 is 1.88 bits per heavy atom. The molecule has 0 fully saturated rings. The molecule has 0 atom stereocenters. The molecule has 0 aliphatic heterocycles. The predicted molar refractivity (Wildman–Crippen MR) is 92.5 cm³/mol. The first-order valence-electron chi connectivity index (χ1n) is 7.09. The van der Waals surface area contributed by atoms with Crippen LogP contribution in [0, 0.1) is 0 Å². The second-order valence-corrected chi connectivity index (χ2v) is 5.13. The second-order valence-electron chi connectivity index (χ2n) is 4.73. The van der Waals surface area contributed by atoms with Crippen molar-refractivity contribution in [3.8, 4) is 5.75 Å². The van der Waals surface area contributed by atoms with Gasteiger partial charge in [0.2, 0.25) is 0 Å². The zero-order chi connectivity index (χ0) is 17.4. The van der Waals surface area contributed by atoms with Crippen molar-refractivity contribution in [1.29, 1.82) is 0 Å².